The number of nitrogens with two attached hydrogens (primary N) is 1. The highest BCUT2D eigenvalue weighted by molar-refractivity contribution is 8.03. The van der Waals surface area contributed by atoms with Gasteiger partial charge in [-0.1, -0.05) is 71.1 Å². The van der Waals surface area contributed by atoms with E-state index in [1.54, 1.807) is 23.1 Å². The molecule has 2 N–H and O–H groups in total. The summed E-state index contributed by atoms with van der Waals surface area (Å²) in [7, 11) is -4.30. The van der Waals surface area contributed by atoms with E-state index in [1.807, 2.05) is 41.3 Å². The lowest BCUT2D eigenvalue weighted by atomic mass is 10.1. The highest BCUT2D eigenvalue weighted by Gasteiger charge is 2.28. The Labute approximate surface area is 235 Å². The van der Waals surface area contributed by atoms with Crippen molar-refractivity contribution < 1.29 is 22.3 Å². The van der Waals surface area contributed by atoms with E-state index in [0.717, 1.165) is 42.0 Å². The van der Waals surface area contributed by atoms with Crippen molar-refractivity contribution >= 4 is 66.8 Å². The van der Waals surface area contributed by atoms with Crippen LogP contribution in [-0.2, 0) is 21.6 Å². The number of nitrogens with zero attached hydrogens (tertiary/aromatic N) is 2. The molecule has 0 aliphatic carbocycles. The van der Waals surface area contributed by atoms with E-state index in [0.29, 0.717) is 31.4 Å². The summed E-state index contributed by atoms with van der Waals surface area (Å²) in [6.07, 6.45) is 2.30. The zero-order valence-corrected chi connectivity index (χ0v) is 23.6. The maximum Gasteiger partial charge on any atom is 0.267 e. The zero-order valence-electron chi connectivity index (χ0n) is 20.4. The summed E-state index contributed by atoms with van der Waals surface area (Å²) >= 11 is 9.52. The van der Waals surface area contributed by atoms with E-state index in [9.17, 15) is 13.0 Å². The van der Waals surface area contributed by atoms with Crippen LogP contribution in [0.2, 0.25) is 5.02 Å². The molecule has 1 aliphatic rings. The number of thiazole rings is 1. The molecule has 38 heavy (non-hydrogen) atoms. The van der Waals surface area contributed by atoms with Gasteiger partial charge in [0.25, 0.3) is 11.7 Å². The Morgan fingerprint density at radius 1 is 1.08 bits per heavy atom. The third kappa shape index (κ3) is 6.23. The number of benzene rings is 3. The molecule has 0 unspecified atom stereocenters. The summed E-state index contributed by atoms with van der Waals surface area (Å²) in [5.74, 6) is -0.421. The van der Waals surface area contributed by atoms with Crippen molar-refractivity contribution in [1.82, 2.24) is 0 Å². The minimum absolute atomic E-state index is 0.210. The van der Waals surface area contributed by atoms with Crippen molar-refractivity contribution in [3.05, 3.63) is 81.8 Å². The van der Waals surface area contributed by atoms with Crippen molar-refractivity contribution in [2.75, 3.05) is 30.3 Å². The molecule has 0 amide bonds. The molecule has 5 rings (SSSR count). The van der Waals surface area contributed by atoms with Crippen LogP contribution in [-0.4, -0.2) is 38.4 Å². The van der Waals surface area contributed by atoms with Crippen LogP contribution in [0.1, 0.15) is 11.4 Å². The van der Waals surface area contributed by atoms with E-state index in [2.05, 4.69) is 41.0 Å². The number of aromatic nitrogens is 1. The molecule has 7 nitrogen and oxygen atoms in total. The fourth-order valence-electron chi connectivity index (χ4n) is 4.31. The van der Waals surface area contributed by atoms with Crippen LogP contribution in [0.5, 0.6) is 0 Å². The molecule has 0 spiro atoms. The second kappa shape index (κ2) is 11.7. The molecule has 0 atom stereocenters. The molecule has 3 aromatic carbocycles. The fraction of sp³-hybridized carbons (Fsp3) is 0.222. The minimum Gasteiger partial charge on any atom is -0.748 e. The molecule has 4 aromatic rings. The molecule has 1 aromatic heterocycles. The average molecular weight is 588 g/mol. The number of fused-ring (bicyclic) bond motifs is 2. The van der Waals surface area contributed by atoms with Crippen molar-refractivity contribution in [3.63, 3.8) is 0 Å². The van der Waals surface area contributed by atoms with Crippen LogP contribution in [0.3, 0.4) is 0 Å². The van der Waals surface area contributed by atoms with E-state index < -0.39 is 15.9 Å². The lowest BCUT2D eigenvalue weighted by molar-refractivity contribution is -0.706. The molecule has 0 saturated heterocycles. The monoisotopic (exact) mass is 587 g/mol. The molecular formula is C27H26ClN3O4S3. The van der Waals surface area contributed by atoms with Gasteiger partial charge in [-0.05, 0) is 41.8 Å². The third-order valence-corrected chi connectivity index (χ3v) is 9.28. The van der Waals surface area contributed by atoms with Crippen molar-refractivity contribution in [2.24, 2.45) is 5.73 Å². The summed E-state index contributed by atoms with van der Waals surface area (Å²) < 4.78 is 42.8. The summed E-state index contributed by atoms with van der Waals surface area (Å²) in [5, 5.41) is 2.49. The molecule has 0 radical (unpaired) electrons. The van der Waals surface area contributed by atoms with Crippen molar-refractivity contribution in [3.8, 4) is 11.1 Å². The molecule has 0 bridgehead atoms. The Balaban J connectivity index is 1.56. The van der Waals surface area contributed by atoms with Crippen molar-refractivity contribution in [2.45, 2.75) is 18.0 Å². The topological polar surface area (TPSA) is 99.6 Å². The van der Waals surface area contributed by atoms with Crippen LogP contribution in [0.4, 0.5) is 5.69 Å². The molecule has 0 fully saturated rings. The zero-order chi connectivity index (χ0) is 26.7. The Morgan fingerprint density at radius 3 is 2.66 bits per heavy atom. The van der Waals surface area contributed by atoms with Gasteiger partial charge in [-0.3, -0.25) is 0 Å². The number of ether oxygens (including phenoxy) is 1. The van der Waals surface area contributed by atoms with Gasteiger partial charge in [0, 0.05) is 34.8 Å². The average Bonchev–Trinajstić information content (AvgIpc) is 3.41. The fourth-order valence-corrected chi connectivity index (χ4v) is 7.20. The van der Waals surface area contributed by atoms with Gasteiger partial charge in [-0.15, -0.1) is 0 Å². The summed E-state index contributed by atoms with van der Waals surface area (Å²) in [4.78, 5) is 3.05. The van der Waals surface area contributed by atoms with Crippen molar-refractivity contribution in [1.29, 1.82) is 0 Å². The van der Waals surface area contributed by atoms with Crippen LogP contribution in [0.15, 0.2) is 76.7 Å². The van der Waals surface area contributed by atoms with Crippen LogP contribution in [0, 0.1) is 0 Å². The second-order valence-corrected chi connectivity index (χ2v) is 12.8. The van der Waals surface area contributed by atoms with Gasteiger partial charge < -0.3 is 19.9 Å². The number of anilines is 1. The standard InChI is InChI=1S/C27H26ClN3O4S3/c28-21-8-10-25-23(16-21)30(12-4-14-38(32,33)34)26(36-25)17-27-31(18-35-13-11-29)22-15-20(7-9-24(22)37-27)19-5-2-1-3-6-19/h1-3,5-10,15-17H,4,11-14,18,29H2. The highest BCUT2D eigenvalue weighted by Crippen LogP contribution is 2.48. The smallest absolute Gasteiger partial charge is 0.267 e. The largest absolute Gasteiger partial charge is 0.748 e. The Kier molecular flexibility index (Phi) is 8.39. The van der Waals surface area contributed by atoms with Gasteiger partial charge >= 0.3 is 0 Å². The number of rotatable bonds is 10. The quantitative estimate of drug-likeness (QED) is 0.153. The lowest BCUT2D eigenvalue weighted by Gasteiger charge is -2.20. The predicted molar refractivity (Wildman–Crippen MR) is 154 cm³/mol. The predicted octanol–water partition coefficient (Wildman–Crippen LogP) is 5.29. The third-order valence-electron chi connectivity index (χ3n) is 6.04. The van der Waals surface area contributed by atoms with E-state index >= 15 is 0 Å². The SMILES string of the molecule is NCCOC[n+]1c(C=C2Sc3ccc(Cl)cc3N2CCCS(=O)(=O)[O-])sc2ccc(-c3ccccc3)cc21. The maximum atomic E-state index is 11.2. The Morgan fingerprint density at radius 2 is 1.89 bits per heavy atom. The number of thioether (sulfide) groups is 1. The Hall–Kier alpha value is -2.44. The summed E-state index contributed by atoms with van der Waals surface area (Å²) in [6, 6.07) is 22.3. The lowest BCUT2D eigenvalue weighted by Crippen LogP contribution is -2.37. The van der Waals surface area contributed by atoms with E-state index in [1.165, 1.54) is 0 Å². The second-order valence-electron chi connectivity index (χ2n) is 8.71. The van der Waals surface area contributed by atoms with Crippen LogP contribution < -0.4 is 15.2 Å². The molecule has 198 valence electrons. The first-order valence-electron chi connectivity index (χ1n) is 12.0. The highest BCUT2D eigenvalue weighted by atomic mass is 35.5. The number of halogens is 1. The van der Waals surface area contributed by atoms with Gasteiger partial charge in [0.15, 0.2) is 0 Å². The first-order valence-corrected chi connectivity index (χ1v) is 15.6. The Bertz CT molecular complexity index is 1590. The maximum absolute atomic E-state index is 11.2. The van der Waals surface area contributed by atoms with Crippen LogP contribution >= 0.6 is 34.7 Å². The minimum atomic E-state index is -4.30. The summed E-state index contributed by atoms with van der Waals surface area (Å²) in [6.45, 7) is 1.58. The van der Waals surface area contributed by atoms with E-state index in [-0.39, 0.29) is 6.42 Å². The van der Waals surface area contributed by atoms with Crippen LogP contribution in [0.25, 0.3) is 27.4 Å². The normalized spacial score (nSPS) is 14.5. The number of hydrogen-bond donors (Lipinski definition) is 1. The van der Waals surface area contributed by atoms with Gasteiger partial charge in [-0.25, -0.2) is 8.42 Å². The first-order chi connectivity index (χ1) is 18.3. The van der Waals surface area contributed by atoms with Gasteiger partial charge in [0.2, 0.25) is 5.52 Å². The molecule has 0 saturated carbocycles. The molecular weight excluding hydrogens is 562 g/mol. The van der Waals surface area contributed by atoms with Gasteiger partial charge in [0.05, 0.1) is 33.5 Å². The van der Waals surface area contributed by atoms with Gasteiger partial charge in [-0.2, -0.15) is 4.57 Å². The summed E-state index contributed by atoms with van der Waals surface area (Å²) in [5.41, 5.74) is 9.87. The van der Waals surface area contributed by atoms with Gasteiger partial charge in [0.1, 0.15) is 4.70 Å². The number of hydrogen-bond acceptors (Lipinski definition) is 8. The molecule has 2 heterocycles. The first kappa shape index (κ1) is 27.1. The van der Waals surface area contributed by atoms with E-state index in [4.69, 9.17) is 22.1 Å². The molecule has 1 aliphatic heterocycles. The molecule has 11 heteroatoms.